The summed E-state index contributed by atoms with van der Waals surface area (Å²) in [6, 6.07) is 8.07. The maximum Gasteiger partial charge on any atom is 0.266 e. The highest BCUT2D eigenvalue weighted by Crippen LogP contribution is 2.22. The first-order valence-corrected chi connectivity index (χ1v) is 6.83. The Bertz CT molecular complexity index is 519. The van der Waals surface area contributed by atoms with Gasteiger partial charge in [-0.2, -0.15) is 0 Å². The maximum atomic E-state index is 12.2. The summed E-state index contributed by atoms with van der Waals surface area (Å²) in [5.74, 6) is 0.0878. The summed E-state index contributed by atoms with van der Waals surface area (Å²) >= 11 is 0. The molecule has 4 nitrogen and oxygen atoms in total. The highest BCUT2D eigenvalue weighted by atomic mass is 16.6. The van der Waals surface area contributed by atoms with Crippen LogP contribution in [-0.2, 0) is 9.63 Å². The Labute approximate surface area is 113 Å². The van der Waals surface area contributed by atoms with Gasteiger partial charge in [-0.15, -0.1) is 0 Å². The Morgan fingerprint density at radius 1 is 1.32 bits per heavy atom. The van der Waals surface area contributed by atoms with Crippen LogP contribution < -0.4 is 0 Å². The number of hydrogen-bond donors (Lipinski definition) is 0. The molecule has 100 valence electrons. The van der Waals surface area contributed by atoms with E-state index >= 15 is 0 Å². The number of hydrogen-bond acceptors (Lipinski definition) is 3. The van der Waals surface area contributed by atoms with Crippen molar-refractivity contribution < 1.29 is 9.63 Å². The molecule has 0 aliphatic carbocycles. The fourth-order valence-electron chi connectivity index (χ4n) is 2.71. The van der Waals surface area contributed by atoms with Gasteiger partial charge in [0.2, 0.25) is 6.10 Å². The minimum Gasteiger partial charge on any atom is -0.382 e. The van der Waals surface area contributed by atoms with Crippen LogP contribution >= 0.6 is 0 Å². The van der Waals surface area contributed by atoms with Crippen LogP contribution in [0.3, 0.4) is 0 Å². The zero-order valence-corrected chi connectivity index (χ0v) is 11.1. The van der Waals surface area contributed by atoms with Gasteiger partial charge in [0, 0.05) is 25.1 Å². The van der Waals surface area contributed by atoms with E-state index in [1.165, 1.54) is 5.56 Å². The van der Waals surface area contributed by atoms with E-state index in [1.807, 2.05) is 36.1 Å². The molecule has 0 spiro atoms. The standard InChI is InChI=1S/C15H18N2O2/c1-11-6-2-3-7-12(11)13-10-14(19-16-13)15(18)17-8-4-5-9-17/h2-3,6-7,14H,4-5,8-10H2,1H3. The summed E-state index contributed by atoms with van der Waals surface area (Å²) in [6.45, 7) is 3.77. The van der Waals surface area contributed by atoms with E-state index in [0.29, 0.717) is 6.42 Å². The van der Waals surface area contributed by atoms with Crippen molar-refractivity contribution in [3.05, 3.63) is 35.4 Å². The molecule has 2 aliphatic rings. The molecule has 1 saturated heterocycles. The lowest BCUT2D eigenvalue weighted by atomic mass is 10.00. The number of aryl methyl sites for hydroxylation is 1. The van der Waals surface area contributed by atoms with E-state index in [-0.39, 0.29) is 5.91 Å². The first kappa shape index (κ1) is 12.2. The summed E-state index contributed by atoms with van der Waals surface area (Å²) < 4.78 is 0. The molecule has 4 heteroatoms. The van der Waals surface area contributed by atoms with Gasteiger partial charge in [-0.05, 0) is 25.3 Å². The summed E-state index contributed by atoms with van der Waals surface area (Å²) in [5, 5.41) is 4.11. The van der Waals surface area contributed by atoms with Gasteiger partial charge in [-0.1, -0.05) is 29.4 Å². The summed E-state index contributed by atoms with van der Waals surface area (Å²) in [7, 11) is 0. The van der Waals surface area contributed by atoms with E-state index in [4.69, 9.17) is 4.84 Å². The molecule has 2 aliphatic heterocycles. The second-order valence-corrected chi connectivity index (χ2v) is 5.18. The third kappa shape index (κ3) is 2.35. The first-order valence-electron chi connectivity index (χ1n) is 6.83. The lowest BCUT2D eigenvalue weighted by Crippen LogP contribution is -2.37. The minimum absolute atomic E-state index is 0.0878. The van der Waals surface area contributed by atoms with Gasteiger partial charge in [0.15, 0.2) is 0 Å². The van der Waals surface area contributed by atoms with Gasteiger partial charge in [-0.3, -0.25) is 4.79 Å². The molecule has 1 aromatic carbocycles. The molecule has 0 radical (unpaired) electrons. The van der Waals surface area contributed by atoms with E-state index in [1.54, 1.807) is 0 Å². The molecule has 3 rings (SSSR count). The molecule has 1 aromatic rings. The van der Waals surface area contributed by atoms with Crippen LogP contribution in [0.5, 0.6) is 0 Å². The van der Waals surface area contributed by atoms with E-state index in [9.17, 15) is 4.79 Å². The molecule has 1 fully saturated rings. The number of benzene rings is 1. The third-order valence-electron chi connectivity index (χ3n) is 3.82. The zero-order chi connectivity index (χ0) is 13.2. The largest absolute Gasteiger partial charge is 0.382 e. The van der Waals surface area contributed by atoms with Crippen LogP contribution in [0.15, 0.2) is 29.4 Å². The van der Waals surface area contributed by atoms with Gasteiger partial charge < -0.3 is 9.74 Å². The summed E-state index contributed by atoms with van der Waals surface area (Å²) in [6.07, 6.45) is 2.36. The fraction of sp³-hybridized carbons (Fsp3) is 0.467. The van der Waals surface area contributed by atoms with Crippen LogP contribution in [0, 0.1) is 6.92 Å². The molecule has 0 saturated carbocycles. The number of likely N-dealkylation sites (tertiary alicyclic amines) is 1. The quantitative estimate of drug-likeness (QED) is 0.815. The number of nitrogens with zero attached hydrogens (tertiary/aromatic N) is 2. The Morgan fingerprint density at radius 2 is 2.05 bits per heavy atom. The molecular weight excluding hydrogens is 240 g/mol. The normalized spacial score (nSPS) is 22.3. The Hall–Kier alpha value is -1.84. The van der Waals surface area contributed by atoms with Crippen molar-refractivity contribution in [3.63, 3.8) is 0 Å². The third-order valence-corrected chi connectivity index (χ3v) is 3.82. The van der Waals surface area contributed by atoms with Crippen molar-refractivity contribution in [2.45, 2.75) is 32.3 Å². The number of rotatable bonds is 2. The number of amides is 1. The van der Waals surface area contributed by atoms with Crippen LogP contribution in [0.2, 0.25) is 0 Å². The average molecular weight is 258 g/mol. The molecule has 0 N–H and O–H groups in total. The molecule has 1 unspecified atom stereocenters. The van der Waals surface area contributed by atoms with Crippen molar-refractivity contribution in [1.82, 2.24) is 4.90 Å². The van der Waals surface area contributed by atoms with Crippen molar-refractivity contribution in [2.75, 3.05) is 13.1 Å². The fourth-order valence-corrected chi connectivity index (χ4v) is 2.71. The molecular formula is C15H18N2O2. The summed E-state index contributed by atoms with van der Waals surface area (Å²) in [5.41, 5.74) is 3.13. The predicted molar refractivity (Wildman–Crippen MR) is 73.0 cm³/mol. The van der Waals surface area contributed by atoms with Crippen molar-refractivity contribution >= 4 is 11.6 Å². The van der Waals surface area contributed by atoms with Gasteiger partial charge in [-0.25, -0.2) is 0 Å². The number of carbonyl (C=O) groups excluding carboxylic acids is 1. The number of carbonyl (C=O) groups is 1. The zero-order valence-electron chi connectivity index (χ0n) is 11.1. The van der Waals surface area contributed by atoms with Gasteiger partial charge in [0.1, 0.15) is 0 Å². The summed E-state index contributed by atoms with van der Waals surface area (Å²) in [4.78, 5) is 19.5. The van der Waals surface area contributed by atoms with E-state index in [2.05, 4.69) is 5.16 Å². The second-order valence-electron chi connectivity index (χ2n) is 5.18. The second kappa shape index (κ2) is 5.03. The number of oxime groups is 1. The molecule has 0 aromatic heterocycles. The van der Waals surface area contributed by atoms with Gasteiger partial charge in [0.25, 0.3) is 5.91 Å². The average Bonchev–Trinajstić information content (AvgIpc) is 3.10. The molecule has 19 heavy (non-hydrogen) atoms. The van der Waals surface area contributed by atoms with E-state index < -0.39 is 6.10 Å². The van der Waals surface area contributed by atoms with Crippen LogP contribution in [0.25, 0.3) is 0 Å². The van der Waals surface area contributed by atoms with Crippen LogP contribution in [-0.4, -0.2) is 35.7 Å². The minimum atomic E-state index is -0.423. The monoisotopic (exact) mass is 258 g/mol. The topological polar surface area (TPSA) is 41.9 Å². The van der Waals surface area contributed by atoms with Gasteiger partial charge >= 0.3 is 0 Å². The van der Waals surface area contributed by atoms with E-state index in [0.717, 1.165) is 37.2 Å². The SMILES string of the molecule is Cc1ccccc1C1=NOC(C(=O)N2CCCC2)C1. The Kier molecular flexibility index (Phi) is 3.23. The van der Waals surface area contributed by atoms with Gasteiger partial charge in [0.05, 0.1) is 5.71 Å². The Balaban J connectivity index is 1.69. The molecule has 0 bridgehead atoms. The smallest absolute Gasteiger partial charge is 0.266 e. The first-order chi connectivity index (χ1) is 9.25. The lowest BCUT2D eigenvalue weighted by molar-refractivity contribution is -0.140. The molecule has 1 amide bonds. The van der Waals surface area contributed by atoms with Crippen molar-refractivity contribution in [1.29, 1.82) is 0 Å². The van der Waals surface area contributed by atoms with Crippen LogP contribution in [0.1, 0.15) is 30.4 Å². The predicted octanol–water partition coefficient (Wildman–Crippen LogP) is 2.11. The lowest BCUT2D eigenvalue weighted by Gasteiger charge is -2.18. The Morgan fingerprint density at radius 3 is 2.79 bits per heavy atom. The molecule has 2 heterocycles. The van der Waals surface area contributed by atoms with Crippen molar-refractivity contribution in [3.8, 4) is 0 Å². The van der Waals surface area contributed by atoms with Crippen LogP contribution in [0.4, 0.5) is 0 Å². The molecule has 1 atom stereocenters. The highest BCUT2D eigenvalue weighted by Gasteiger charge is 2.33. The maximum absolute atomic E-state index is 12.2. The highest BCUT2D eigenvalue weighted by molar-refractivity contribution is 6.05. The van der Waals surface area contributed by atoms with Crippen molar-refractivity contribution in [2.24, 2.45) is 5.16 Å².